The quantitative estimate of drug-likeness (QED) is 0.0343. The van der Waals surface area contributed by atoms with Crippen molar-refractivity contribution in [1.82, 2.24) is 0 Å². The second-order valence-corrected chi connectivity index (χ2v) is 23.1. The Hall–Kier alpha value is -1.59. The van der Waals surface area contributed by atoms with Crippen molar-refractivity contribution in [1.29, 1.82) is 0 Å². The Balaban J connectivity index is 4.20. The molecule has 0 bridgehead atoms. The lowest BCUT2D eigenvalue weighted by atomic mass is 10.0. The predicted molar refractivity (Wildman–Crippen MR) is 298 cm³/mol. The van der Waals surface area contributed by atoms with Gasteiger partial charge in [0.1, 0.15) is 13.2 Å². The molecule has 410 valence electrons. The molecule has 6 heteroatoms. The average Bonchev–Trinajstić information content (AvgIpc) is 3.31. The molecule has 0 saturated carbocycles. The molecule has 69 heavy (non-hydrogen) atoms. The van der Waals surface area contributed by atoms with E-state index >= 15 is 0 Å². The molecule has 0 radical (unpaired) electrons. The van der Waals surface area contributed by atoms with Crippen LogP contribution in [0.2, 0.25) is 0 Å². The van der Waals surface area contributed by atoms with Crippen LogP contribution in [0.5, 0.6) is 0 Å². The van der Waals surface area contributed by atoms with Crippen molar-refractivity contribution in [2.24, 2.45) is 17.8 Å². The molecular formula is C63H122O6. The lowest BCUT2D eigenvalue weighted by Crippen LogP contribution is -2.30. The number of esters is 3. The summed E-state index contributed by atoms with van der Waals surface area (Å²) in [6.45, 7) is 13.8. The van der Waals surface area contributed by atoms with Crippen LogP contribution in [0.4, 0.5) is 0 Å². The maximum Gasteiger partial charge on any atom is 0.306 e. The predicted octanol–water partition coefficient (Wildman–Crippen LogP) is 20.7. The first kappa shape index (κ1) is 67.4. The van der Waals surface area contributed by atoms with Crippen LogP contribution in [-0.4, -0.2) is 37.2 Å². The summed E-state index contributed by atoms with van der Waals surface area (Å²) in [6, 6.07) is 0. The molecule has 0 aliphatic heterocycles. The Kier molecular flexibility index (Phi) is 52.9. The minimum absolute atomic E-state index is 0.0635. The van der Waals surface area contributed by atoms with Crippen LogP contribution in [0.1, 0.15) is 350 Å². The van der Waals surface area contributed by atoms with Crippen LogP contribution in [0.3, 0.4) is 0 Å². The van der Waals surface area contributed by atoms with E-state index in [0.29, 0.717) is 19.3 Å². The van der Waals surface area contributed by atoms with Gasteiger partial charge in [-0.2, -0.15) is 0 Å². The van der Waals surface area contributed by atoms with Crippen molar-refractivity contribution >= 4 is 17.9 Å². The summed E-state index contributed by atoms with van der Waals surface area (Å²) < 4.78 is 16.9. The van der Waals surface area contributed by atoms with Gasteiger partial charge in [-0.15, -0.1) is 0 Å². The summed E-state index contributed by atoms with van der Waals surface area (Å²) >= 11 is 0. The number of unbranched alkanes of at least 4 members (excludes halogenated alkanes) is 39. The lowest BCUT2D eigenvalue weighted by molar-refractivity contribution is -0.167. The number of hydrogen-bond acceptors (Lipinski definition) is 6. The Morgan fingerprint density at radius 3 is 0.623 bits per heavy atom. The molecule has 0 fully saturated rings. The summed E-state index contributed by atoms with van der Waals surface area (Å²) in [4.78, 5) is 38.2. The fraction of sp³-hybridized carbons (Fsp3) is 0.952. The fourth-order valence-electron chi connectivity index (χ4n) is 9.71. The standard InChI is InChI=1S/C63H122O6/c1-57(2)49-43-37-31-25-21-17-13-9-7-8-10-15-19-23-27-34-40-46-52-61(64)67-55-60(69-63(66)54-48-42-36-30-29-33-39-45-51-59(5)6)56-68-62(65)53-47-41-35-28-24-20-16-12-11-14-18-22-26-32-38-44-50-58(3)4/h57-60H,7-56H2,1-6H3/t60-/m1/s1. The largest absolute Gasteiger partial charge is 0.462 e. The number of rotatable bonds is 56. The minimum atomic E-state index is -0.764. The minimum Gasteiger partial charge on any atom is -0.462 e. The van der Waals surface area contributed by atoms with E-state index in [1.807, 2.05) is 0 Å². The Morgan fingerprint density at radius 1 is 0.246 bits per heavy atom. The van der Waals surface area contributed by atoms with Gasteiger partial charge in [-0.05, 0) is 37.0 Å². The van der Waals surface area contributed by atoms with Gasteiger partial charge in [0.2, 0.25) is 0 Å². The van der Waals surface area contributed by atoms with Gasteiger partial charge in [0.05, 0.1) is 0 Å². The zero-order chi connectivity index (χ0) is 50.5. The highest BCUT2D eigenvalue weighted by atomic mass is 16.6. The number of carbonyl (C=O) groups excluding carboxylic acids is 3. The van der Waals surface area contributed by atoms with Crippen LogP contribution >= 0.6 is 0 Å². The fourth-order valence-corrected chi connectivity index (χ4v) is 9.71. The van der Waals surface area contributed by atoms with Crippen LogP contribution in [-0.2, 0) is 28.6 Å². The lowest BCUT2D eigenvalue weighted by Gasteiger charge is -2.18. The highest BCUT2D eigenvalue weighted by molar-refractivity contribution is 5.71. The van der Waals surface area contributed by atoms with Crippen LogP contribution in [0, 0.1) is 17.8 Å². The van der Waals surface area contributed by atoms with Crippen molar-refractivity contribution in [2.75, 3.05) is 13.2 Å². The van der Waals surface area contributed by atoms with Gasteiger partial charge >= 0.3 is 17.9 Å². The van der Waals surface area contributed by atoms with Crippen molar-refractivity contribution in [2.45, 2.75) is 356 Å². The maximum atomic E-state index is 12.8. The molecule has 0 N–H and O–H groups in total. The molecule has 6 nitrogen and oxygen atoms in total. The van der Waals surface area contributed by atoms with Gasteiger partial charge in [-0.3, -0.25) is 14.4 Å². The third-order valence-corrected chi connectivity index (χ3v) is 14.4. The van der Waals surface area contributed by atoms with Gasteiger partial charge in [0.25, 0.3) is 0 Å². The summed E-state index contributed by atoms with van der Waals surface area (Å²) in [6.07, 6.45) is 58.3. The van der Waals surface area contributed by atoms with Gasteiger partial charge < -0.3 is 14.2 Å². The molecule has 0 heterocycles. The Morgan fingerprint density at radius 2 is 0.420 bits per heavy atom. The monoisotopic (exact) mass is 975 g/mol. The highest BCUT2D eigenvalue weighted by Crippen LogP contribution is 2.19. The van der Waals surface area contributed by atoms with Crippen LogP contribution < -0.4 is 0 Å². The van der Waals surface area contributed by atoms with Crippen molar-refractivity contribution < 1.29 is 28.6 Å². The van der Waals surface area contributed by atoms with Gasteiger partial charge in [-0.25, -0.2) is 0 Å². The molecule has 0 unspecified atom stereocenters. The zero-order valence-corrected chi connectivity index (χ0v) is 47.6. The summed E-state index contributed by atoms with van der Waals surface area (Å²) in [5, 5.41) is 0. The summed E-state index contributed by atoms with van der Waals surface area (Å²) in [5.41, 5.74) is 0. The van der Waals surface area contributed by atoms with Crippen molar-refractivity contribution in [3.8, 4) is 0 Å². The molecule has 1 atom stereocenters. The average molecular weight is 976 g/mol. The molecule has 0 saturated heterocycles. The summed E-state index contributed by atoms with van der Waals surface area (Å²) in [7, 11) is 0. The highest BCUT2D eigenvalue weighted by Gasteiger charge is 2.19. The molecule has 0 aliphatic carbocycles. The van der Waals surface area contributed by atoms with Crippen molar-refractivity contribution in [3.63, 3.8) is 0 Å². The van der Waals surface area contributed by atoms with E-state index in [0.717, 1.165) is 75.5 Å². The van der Waals surface area contributed by atoms with E-state index in [1.165, 1.54) is 231 Å². The van der Waals surface area contributed by atoms with Gasteiger partial charge in [-0.1, -0.05) is 311 Å². The van der Waals surface area contributed by atoms with Crippen molar-refractivity contribution in [3.05, 3.63) is 0 Å². The van der Waals surface area contributed by atoms with Gasteiger partial charge in [0, 0.05) is 19.3 Å². The zero-order valence-electron chi connectivity index (χ0n) is 47.6. The maximum absolute atomic E-state index is 12.8. The SMILES string of the molecule is CC(C)CCCCCCCCCCCCCCCCCCCCC(=O)OC[C@H](COC(=O)CCCCCCCCCCCCCCCCCCC(C)C)OC(=O)CCCCCCCCCCC(C)C. The van der Waals surface area contributed by atoms with E-state index in [-0.39, 0.29) is 31.1 Å². The Bertz CT molecular complexity index is 1070. The normalized spacial score (nSPS) is 12.1. The Labute approximate surface area is 431 Å². The van der Waals surface area contributed by atoms with Crippen LogP contribution in [0.15, 0.2) is 0 Å². The smallest absolute Gasteiger partial charge is 0.306 e. The second kappa shape index (κ2) is 54.2. The van der Waals surface area contributed by atoms with E-state index in [4.69, 9.17) is 14.2 Å². The molecule has 0 amide bonds. The first-order valence-electron chi connectivity index (χ1n) is 31.1. The first-order valence-corrected chi connectivity index (χ1v) is 31.1. The van der Waals surface area contributed by atoms with E-state index in [2.05, 4.69) is 41.5 Å². The van der Waals surface area contributed by atoms with Crippen LogP contribution in [0.25, 0.3) is 0 Å². The van der Waals surface area contributed by atoms with E-state index in [1.54, 1.807) is 0 Å². The molecular weight excluding hydrogens is 853 g/mol. The summed E-state index contributed by atoms with van der Waals surface area (Å²) in [5.74, 6) is 1.66. The topological polar surface area (TPSA) is 78.9 Å². The third kappa shape index (κ3) is 57.2. The first-order chi connectivity index (χ1) is 33.6. The third-order valence-electron chi connectivity index (χ3n) is 14.4. The van der Waals surface area contributed by atoms with Gasteiger partial charge in [0.15, 0.2) is 6.10 Å². The second-order valence-electron chi connectivity index (χ2n) is 23.1. The number of ether oxygens (including phenoxy) is 3. The number of hydrogen-bond donors (Lipinski definition) is 0. The molecule has 0 aromatic carbocycles. The molecule has 0 aliphatic rings. The van der Waals surface area contributed by atoms with E-state index < -0.39 is 6.10 Å². The number of carbonyl (C=O) groups is 3. The molecule has 0 aromatic heterocycles. The van der Waals surface area contributed by atoms with E-state index in [9.17, 15) is 14.4 Å². The molecule has 0 rings (SSSR count). The molecule has 0 spiro atoms. The molecule has 0 aromatic rings.